The maximum atomic E-state index is 13.5. The summed E-state index contributed by atoms with van der Waals surface area (Å²) in [6, 6.07) is 9.90. The Morgan fingerprint density at radius 3 is 2.61 bits per heavy atom. The van der Waals surface area contributed by atoms with Gasteiger partial charge in [-0.3, -0.25) is 9.69 Å². The zero-order chi connectivity index (χ0) is 23.4. The van der Waals surface area contributed by atoms with E-state index in [1.165, 1.54) is 16.9 Å². The second-order valence-corrected chi connectivity index (χ2v) is 8.93. The Kier molecular flexibility index (Phi) is 6.93. The van der Waals surface area contributed by atoms with Crippen molar-refractivity contribution in [2.45, 2.75) is 33.2 Å². The van der Waals surface area contributed by atoms with Crippen LogP contribution in [0.1, 0.15) is 23.1 Å². The summed E-state index contributed by atoms with van der Waals surface area (Å²) in [7, 11) is 3.25. The van der Waals surface area contributed by atoms with Crippen LogP contribution in [0.3, 0.4) is 0 Å². The highest BCUT2D eigenvalue weighted by molar-refractivity contribution is 7.22. The third kappa shape index (κ3) is 5.01. The zero-order valence-corrected chi connectivity index (χ0v) is 20.2. The van der Waals surface area contributed by atoms with Crippen LogP contribution < -0.4 is 14.4 Å². The van der Waals surface area contributed by atoms with Gasteiger partial charge in [-0.05, 0) is 43.5 Å². The Balaban J connectivity index is 1.66. The van der Waals surface area contributed by atoms with Crippen molar-refractivity contribution in [1.82, 2.24) is 14.5 Å². The molecular formula is C25H28N4O3S. The number of aryl methyl sites for hydroxylation is 3. The molecule has 2 heterocycles. The normalized spacial score (nSPS) is 11.0. The van der Waals surface area contributed by atoms with E-state index in [0.717, 1.165) is 34.5 Å². The second kappa shape index (κ2) is 10.0. The first-order chi connectivity index (χ1) is 16.0. The van der Waals surface area contributed by atoms with Crippen LogP contribution in [0.15, 0.2) is 49.1 Å². The predicted octanol–water partition coefficient (Wildman–Crippen LogP) is 4.79. The number of nitrogens with zero attached hydrogens (tertiary/aromatic N) is 4. The van der Waals surface area contributed by atoms with Gasteiger partial charge in [-0.2, -0.15) is 0 Å². The molecule has 1 amide bonds. The molecule has 0 radical (unpaired) electrons. The molecule has 2 aromatic carbocycles. The van der Waals surface area contributed by atoms with E-state index in [-0.39, 0.29) is 5.91 Å². The van der Waals surface area contributed by atoms with Gasteiger partial charge in [0.15, 0.2) is 5.13 Å². The van der Waals surface area contributed by atoms with Crippen LogP contribution >= 0.6 is 11.3 Å². The van der Waals surface area contributed by atoms with Gasteiger partial charge in [-0.25, -0.2) is 9.97 Å². The molecule has 0 spiro atoms. The molecule has 0 aliphatic rings. The average molecular weight is 465 g/mol. The van der Waals surface area contributed by atoms with E-state index in [0.29, 0.717) is 29.4 Å². The Morgan fingerprint density at radius 1 is 1.12 bits per heavy atom. The van der Waals surface area contributed by atoms with Crippen LogP contribution in [0.4, 0.5) is 5.13 Å². The van der Waals surface area contributed by atoms with Crippen LogP contribution in [0.25, 0.3) is 10.2 Å². The van der Waals surface area contributed by atoms with Gasteiger partial charge in [0.05, 0.1) is 27.0 Å². The third-order valence-corrected chi connectivity index (χ3v) is 6.72. The first kappa shape index (κ1) is 22.8. The Hall–Kier alpha value is -3.39. The number of anilines is 1. The lowest BCUT2D eigenvalue weighted by Gasteiger charge is -2.20. The molecule has 4 aromatic rings. The zero-order valence-electron chi connectivity index (χ0n) is 19.4. The molecule has 0 aliphatic heterocycles. The summed E-state index contributed by atoms with van der Waals surface area (Å²) in [5.41, 5.74) is 4.04. The van der Waals surface area contributed by atoms with E-state index in [9.17, 15) is 4.79 Å². The number of hydrogen-bond donors (Lipinski definition) is 0. The summed E-state index contributed by atoms with van der Waals surface area (Å²) in [6.45, 7) is 5.42. The number of ether oxygens (including phenoxy) is 2. The van der Waals surface area contributed by atoms with Crippen molar-refractivity contribution in [3.05, 3.63) is 65.7 Å². The largest absolute Gasteiger partial charge is 0.495 e. The van der Waals surface area contributed by atoms with Crippen LogP contribution in [-0.2, 0) is 17.8 Å². The quantitative estimate of drug-likeness (QED) is 0.356. The SMILES string of the molecule is COc1ccc(OC)c2sc(N(CCCn3ccnc3)C(=O)Cc3ccc(C)cc3C)nc12. The maximum Gasteiger partial charge on any atom is 0.233 e. The molecule has 0 N–H and O–H groups in total. The number of thiazole rings is 1. The van der Waals surface area contributed by atoms with Gasteiger partial charge in [0.25, 0.3) is 0 Å². The van der Waals surface area contributed by atoms with Crippen molar-refractivity contribution in [1.29, 1.82) is 0 Å². The number of aromatic nitrogens is 3. The monoisotopic (exact) mass is 464 g/mol. The van der Waals surface area contributed by atoms with Crippen LogP contribution in [0.2, 0.25) is 0 Å². The molecule has 172 valence electrons. The number of carbonyl (C=O) groups excluding carboxylic acids is 1. The molecule has 0 saturated heterocycles. The van der Waals surface area contributed by atoms with Gasteiger partial charge in [0, 0.05) is 25.5 Å². The molecule has 0 saturated carbocycles. The minimum Gasteiger partial charge on any atom is -0.495 e. The van der Waals surface area contributed by atoms with Crippen molar-refractivity contribution in [2.24, 2.45) is 0 Å². The summed E-state index contributed by atoms with van der Waals surface area (Å²) in [6.07, 6.45) is 6.57. The van der Waals surface area contributed by atoms with Crippen molar-refractivity contribution in [2.75, 3.05) is 25.7 Å². The number of methoxy groups -OCH3 is 2. The molecule has 33 heavy (non-hydrogen) atoms. The lowest BCUT2D eigenvalue weighted by molar-refractivity contribution is -0.118. The summed E-state index contributed by atoms with van der Waals surface area (Å²) in [4.78, 5) is 24.2. The second-order valence-electron chi connectivity index (χ2n) is 7.95. The van der Waals surface area contributed by atoms with Crippen molar-refractivity contribution >= 4 is 32.6 Å². The van der Waals surface area contributed by atoms with Crippen molar-refractivity contribution in [3.8, 4) is 11.5 Å². The molecular weight excluding hydrogens is 436 g/mol. The highest BCUT2D eigenvalue weighted by Gasteiger charge is 2.23. The van der Waals surface area contributed by atoms with Gasteiger partial charge < -0.3 is 14.0 Å². The molecule has 0 aliphatic carbocycles. The molecule has 0 unspecified atom stereocenters. The Labute approximate surface area is 197 Å². The number of amides is 1. The number of hydrogen-bond acceptors (Lipinski definition) is 6. The number of imidazole rings is 1. The average Bonchev–Trinajstić information content (AvgIpc) is 3.48. The lowest BCUT2D eigenvalue weighted by atomic mass is 10.0. The van der Waals surface area contributed by atoms with Gasteiger partial charge in [-0.15, -0.1) is 0 Å². The van der Waals surface area contributed by atoms with Crippen molar-refractivity contribution < 1.29 is 14.3 Å². The molecule has 0 fully saturated rings. The number of carbonyl (C=O) groups is 1. The maximum absolute atomic E-state index is 13.5. The molecule has 2 aromatic heterocycles. The van der Waals surface area contributed by atoms with E-state index < -0.39 is 0 Å². The Bertz CT molecular complexity index is 1210. The molecule has 4 rings (SSSR count). The fraction of sp³-hybridized carbons (Fsp3) is 0.320. The van der Waals surface area contributed by atoms with Crippen molar-refractivity contribution in [3.63, 3.8) is 0 Å². The lowest BCUT2D eigenvalue weighted by Crippen LogP contribution is -2.33. The van der Waals surface area contributed by atoms with Crippen LogP contribution in [0.5, 0.6) is 11.5 Å². The fourth-order valence-electron chi connectivity index (χ4n) is 3.85. The van der Waals surface area contributed by atoms with E-state index in [4.69, 9.17) is 14.5 Å². The van der Waals surface area contributed by atoms with E-state index in [2.05, 4.69) is 18.0 Å². The first-order valence-corrected chi connectivity index (χ1v) is 11.7. The summed E-state index contributed by atoms with van der Waals surface area (Å²) in [5, 5.41) is 0.646. The van der Waals surface area contributed by atoms with Gasteiger partial charge >= 0.3 is 0 Å². The molecule has 0 atom stereocenters. The minimum atomic E-state index is 0.0181. The minimum absolute atomic E-state index is 0.0181. The standard InChI is InChI=1S/C25H28N4O3S/c1-17-6-7-19(18(2)14-17)15-22(30)29(12-5-11-28-13-10-26-16-28)25-27-23-20(31-3)8-9-21(32-4)24(23)33-25/h6-10,13-14,16H,5,11-12,15H2,1-4H3. The highest BCUT2D eigenvalue weighted by Crippen LogP contribution is 2.40. The number of fused-ring (bicyclic) bond motifs is 1. The summed E-state index contributed by atoms with van der Waals surface area (Å²) in [5.74, 6) is 1.40. The number of benzene rings is 2. The predicted molar refractivity (Wildman–Crippen MR) is 132 cm³/mol. The van der Waals surface area contributed by atoms with E-state index in [1.54, 1.807) is 31.6 Å². The summed E-state index contributed by atoms with van der Waals surface area (Å²) < 4.78 is 13.9. The van der Waals surface area contributed by atoms with E-state index in [1.807, 2.05) is 42.0 Å². The third-order valence-electron chi connectivity index (χ3n) is 5.63. The Morgan fingerprint density at radius 2 is 1.91 bits per heavy atom. The topological polar surface area (TPSA) is 69.5 Å². The first-order valence-electron chi connectivity index (χ1n) is 10.8. The summed E-state index contributed by atoms with van der Waals surface area (Å²) >= 11 is 1.45. The van der Waals surface area contributed by atoms with Gasteiger partial charge in [-0.1, -0.05) is 35.1 Å². The molecule has 7 nitrogen and oxygen atoms in total. The van der Waals surface area contributed by atoms with Crippen LogP contribution in [0, 0.1) is 13.8 Å². The van der Waals surface area contributed by atoms with Crippen LogP contribution in [-0.4, -0.2) is 41.2 Å². The number of rotatable bonds is 9. The fourth-order valence-corrected chi connectivity index (χ4v) is 4.97. The smallest absolute Gasteiger partial charge is 0.233 e. The van der Waals surface area contributed by atoms with Gasteiger partial charge in [0.2, 0.25) is 5.91 Å². The molecule has 8 heteroatoms. The highest BCUT2D eigenvalue weighted by atomic mass is 32.1. The molecule has 0 bridgehead atoms. The van der Waals surface area contributed by atoms with E-state index >= 15 is 0 Å². The van der Waals surface area contributed by atoms with Gasteiger partial charge in [0.1, 0.15) is 21.7 Å².